The van der Waals surface area contributed by atoms with Crippen LogP contribution in [-0.2, 0) is 6.54 Å². The van der Waals surface area contributed by atoms with Crippen LogP contribution >= 0.6 is 23.2 Å². The fourth-order valence-corrected chi connectivity index (χ4v) is 2.28. The highest BCUT2D eigenvalue weighted by atomic mass is 35.5. The molecule has 7 heteroatoms. The molecule has 2 rings (SSSR count). The summed E-state index contributed by atoms with van der Waals surface area (Å²) in [6.45, 7) is -2.63. The maximum atomic E-state index is 12.0. The van der Waals surface area contributed by atoms with Gasteiger partial charge in [0.15, 0.2) is 0 Å². The van der Waals surface area contributed by atoms with Gasteiger partial charge in [0.2, 0.25) is 0 Å². The largest absolute Gasteiger partial charge is 0.435 e. The van der Waals surface area contributed by atoms with Gasteiger partial charge < -0.3 is 10.1 Å². The first kappa shape index (κ1) is 16.5. The van der Waals surface area contributed by atoms with Crippen LogP contribution in [0.15, 0.2) is 42.5 Å². The van der Waals surface area contributed by atoms with Crippen LogP contribution in [0.25, 0.3) is 0 Å². The second kappa shape index (κ2) is 7.42. The third-order valence-corrected chi connectivity index (χ3v) is 3.16. The number of carbonyl (C=O) groups is 1. The molecule has 0 atom stereocenters. The molecule has 0 saturated heterocycles. The smallest absolute Gasteiger partial charge is 0.387 e. The van der Waals surface area contributed by atoms with Gasteiger partial charge in [0, 0.05) is 22.2 Å². The van der Waals surface area contributed by atoms with E-state index in [1.807, 2.05) is 0 Å². The van der Waals surface area contributed by atoms with Gasteiger partial charge in [0.25, 0.3) is 5.91 Å². The summed E-state index contributed by atoms with van der Waals surface area (Å²) in [7, 11) is 0. The van der Waals surface area contributed by atoms with Crippen LogP contribution < -0.4 is 10.1 Å². The number of amides is 1. The van der Waals surface area contributed by atoms with Crippen molar-refractivity contribution in [2.24, 2.45) is 0 Å². The highest BCUT2D eigenvalue weighted by Gasteiger charge is 2.08. The Balaban J connectivity index is 1.96. The Labute approximate surface area is 135 Å². The van der Waals surface area contributed by atoms with Gasteiger partial charge in [-0.25, -0.2) is 0 Å². The summed E-state index contributed by atoms with van der Waals surface area (Å²) < 4.78 is 28.3. The van der Waals surface area contributed by atoms with E-state index in [1.54, 1.807) is 12.1 Å². The van der Waals surface area contributed by atoms with Crippen molar-refractivity contribution in [1.82, 2.24) is 5.32 Å². The minimum absolute atomic E-state index is 0.0618. The summed E-state index contributed by atoms with van der Waals surface area (Å²) >= 11 is 11.7. The molecule has 0 bridgehead atoms. The quantitative estimate of drug-likeness (QED) is 0.864. The van der Waals surface area contributed by atoms with Crippen molar-refractivity contribution >= 4 is 29.1 Å². The minimum Gasteiger partial charge on any atom is -0.435 e. The second-order valence-corrected chi connectivity index (χ2v) is 5.24. The number of carbonyl (C=O) groups excluding carboxylic acids is 1. The Morgan fingerprint density at radius 3 is 2.23 bits per heavy atom. The van der Waals surface area contributed by atoms with Gasteiger partial charge in [-0.1, -0.05) is 35.3 Å². The van der Waals surface area contributed by atoms with Crippen molar-refractivity contribution in [3.8, 4) is 5.75 Å². The first-order valence-corrected chi connectivity index (χ1v) is 6.97. The van der Waals surface area contributed by atoms with E-state index in [9.17, 15) is 13.6 Å². The van der Waals surface area contributed by atoms with Crippen LogP contribution in [0.5, 0.6) is 5.75 Å². The van der Waals surface area contributed by atoms with E-state index in [4.69, 9.17) is 23.2 Å². The maximum absolute atomic E-state index is 12.0. The Morgan fingerprint density at radius 2 is 1.68 bits per heavy atom. The number of rotatable bonds is 5. The highest BCUT2D eigenvalue weighted by Crippen LogP contribution is 2.19. The Bertz CT molecular complexity index is 643. The zero-order valence-corrected chi connectivity index (χ0v) is 12.7. The topological polar surface area (TPSA) is 38.3 Å². The lowest BCUT2D eigenvalue weighted by Gasteiger charge is -2.08. The number of hydrogen-bond donors (Lipinski definition) is 1. The summed E-state index contributed by atoms with van der Waals surface area (Å²) in [6.07, 6.45) is 0. The summed E-state index contributed by atoms with van der Waals surface area (Å²) in [4.78, 5) is 12.0. The fourth-order valence-electron chi connectivity index (χ4n) is 1.76. The van der Waals surface area contributed by atoms with E-state index >= 15 is 0 Å². The van der Waals surface area contributed by atoms with Crippen LogP contribution in [0.2, 0.25) is 10.0 Å². The van der Waals surface area contributed by atoms with Crippen molar-refractivity contribution in [3.63, 3.8) is 0 Å². The average Bonchev–Trinajstić information content (AvgIpc) is 2.44. The average molecular weight is 346 g/mol. The molecule has 3 nitrogen and oxygen atoms in total. The molecule has 0 aromatic heterocycles. The summed E-state index contributed by atoms with van der Waals surface area (Å²) in [6, 6.07) is 10.5. The standard InChI is InChI=1S/C15H11Cl2F2NO2/c16-11-5-10(6-12(17)7-11)14(21)20-8-9-1-3-13(4-2-9)22-15(18)19/h1-7,15H,8H2,(H,20,21). The summed E-state index contributed by atoms with van der Waals surface area (Å²) in [5.41, 5.74) is 1.08. The van der Waals surface area contributed by atoms with E-state index in [0.29, 0.717) is 15.6 Å². The third-order valence-electron chi connectivity index (χ3n) is 2.73. The lowest BCUT2D eigenvalue weighted by Crippen LogP contribution is -2.22. The molecule has 0 aliphatic rings. The molecule has 0 spiro atoms. The van der Waals surface area contributed by atoms with Gasteiger partial charge in [-0.15, -0.1) is 0 Å². The zero-order chi connectivity index (χ0) is 16.1. The van der Waals surface area contributed by atoms with Gasteiger partial charge in [-0.3, -0.25) is 4.79 Å². The van der Waals surface area contributed by atoms with Crippen molar-refractivity contribution in [2.75, 3.05) is 0 Å². The normalized spacial score (nSPS) is 10.6. The van der Waals surface area contributed by atoms with Crippen molar-refractivity contribution in [2.45, 2.75) is 13.2 Å². The van der Waals surface area contributed by atoms with Crippen LogP contribution in [0.3, 0.4) is 0 Å². The van der Waals surface area contributed by atoms with Gasteiger partial charge in [0.1, 0.15) is 5.75 Å². The molecule has 2 aromatic rings. The second-order valence-electron chi connectivity index (χ2n) is 4.36. The van der Waals surface area contributed by atoms with Crippen LogP contribution in [0.1, 0.15) is 15.9 Å². The molecule has 22 heavy (non-hydrogen) atoms. The van der Waals surface area contributed by atoms with Crippen molar-refractivity contribution in [3.05, 3.63) is 63.6 Å². The van der Waals surface area contributed by atoms with Gasteiger partial charge in [0.05, 0.1) is 0 Å². The number of hydrogen-bond acceptors (Lipinski definition) is 2. The SMILES string of the molecule is O=C(NCc1ccc(OC(F)F)cc1)c1cc(Cl)cc(Cl)c1. The third kappa shape index (κ3) is 4.86. The molecule has 0 unspecified atom stereocenters. The number of ether oxygens (including phenoxy) is 1. The van der Waals surface area contributed by atoms with Gasteiger partial charge >= 0.3 is 6.61 Å². The van der Waals surface area contributed by atoms with E-state index in [-0.39, 0.29) is 18.2 Å². The van der Waals surface area contributed by atoms with E-state index in [0.717, 1.165) is 5.56 Å². The maximum Gasteiger partial charge on any atom is 0.387 e. The zero-order valence-electron chi connectivity index (χ0n) is 11.2. The van der Waals surface area contributed by atoms with E-state index in [1.165, 1.54) is 30.3 Å². The summed E-state index contributed by atoms with van der Waals surface area (Å²) in [5.74, 6) is -0.274. The Kier molecular flexibility index (Phi) is 5.57. The van der Waals surface area contributed by atoms with Crippen molar-refractivity contribution < 1.29 is 18.3 Å². The Hall–Kier alpha value is -1.85. The van der Waals surface area contributed by atoms with Gasteiger partial charge in [-0.2, -0.15) is 8.78 Å². The summed E-state index contributed by atoms with van der Waals surface area (Å²) in [5, 5.41) is 3.42. The molecule has 0 heterocycles. The fraction of sp³-hybridized carbons (Fsp3) is 0.133. The number of alkyl halides is 2. The van der Waals surface area contributed by atoms with Crippen molar-refractivity contribution in [1.29, 1.82) is 0 Å². The molecule has 1 amide bonds. The monoisotopic (exact) mass is 345 g/mol. The molecule has 2 aromatic carbocycles. The number of benzene rings is 2. The first-order valence-electron chi connectivity index (χ1n) is 6.22. The lowest BCUT2D eigenvalue weighted by molar-refractivity contribution is -0.0498. The first-order chi connectivity index (χ1) is 10.4. The molecule has 1 N–H and O–H groups in total. The Morgan fingerprint density at radius 1 is 1.09 bits per heavy atom. The van der Waals surface area contributed by atoms with Crippen LogP contribution in [0, 0.1) is 0 Å². The lowest BCUT2D eigenvalue weighted by atomic mass is 10.2. The minimum atomic E-state index is -2.86. The predicted octanol–water partition coefficient (Wildman–Crippen LogP) is 4.52. The van der Waals surface area contributed by atoms with E-state index < -0.39 is 6.61 Å². The van der Waals surface area contributed by atoms with E-state index in [2.05, 4.69) is 10.1 Å². The van der Waals surface area contributed by atoms with Crippen LogP contribution in [0.4, 0.5) is 8.78 Å². The molecule has 0 radical (unpaired) electrons. The molecular weight excluding hydrogens is 335 g/mol. The van der Waals surface area contributed by atoms with Gasteiger partial charge in [-0.05, 0) is 35.9 Å². The molecule has 0 aliphatic heterocycles. The molecule has 0 saturated carbocycles. The number of halogens is 4. The van der Waals surface area contributed by atoms with Crippen LogP contribution in [-0.4, -0.2) is 12.5 Å². The molecule has 0 fully saturated rings. The number of nitrogens with one attached hydrogen (secondary N) is 1. The highest BCUT2D eigenvalue weighted by molar-refractivity contribution is 6.35. The molecule has 0 aliphatic carbocycles. The molecule has 116 valence electrons. The molecular formula is C15H11Cl2F2NO2. The predicted molar refractivity (Wildman–Crippen MR) is 80.7 cm³/mol.